The Morgan fingerprint density at radius 3 is 2.75 bits per heavy atom. The van der Waals surface area contributed by atoms with E-state index in [0.29, 0.717) is 12.5 Å². The van der Waals surface area contributed by atoms with Gasteiger partial charge in [0.15, 0.2) is 0 Å². The first-order chi connectivity index (χ1) is 9.75. The van der Waals surface area contributed by atoms with Crippen molar-refractivity contribution in [1.82, 2.24) is 0 Å². The van der Waals surface area contributed by atoms with Gasteiger partial charge in [-0.1, -0.05) is 18.2 Å². The van der Waals surface area contributed by atoms with E-state index in [2.05, 4.69) is 29.2 Å². The molecule has 0 saturated carbocycles. The van der Waals surface area contributed by atoms with Crippen LogP contribution in [0.4, 0.5) is 5.69 Å². The van der Waals surface area contributed by atoms with E-state index in [9.17, 15) is 0 Å². The highest BCUT2D eigenvalue weighted by atomic mass is 16.5. The molecule has 0 amide bonds. The zero-order valence-electron chi connectivity index (χ0n) is 12.1. The van der Waals surface area contributed by atoms with Crippen molar-refractivity contribution in [2.75, 3.05) is 24.6 Å². The molecule has 1 saturated heterocycles. The van der Waals surface area contributed by atoms with Crippen LogP contribution in [0.15, 0.2) is 30.3 Å². The van der Waals surface area contributed by atoms with Crippen LogP contribution in [0.3, 0.4) is 0 Å². The normalized spacial score (nSPS) is 18.1. The highest BCUT2D eigenvalue weighted by molar-refractivity contribution is 5.77. The van der Waals surface area contributed by atoms with Gasteiger partial charge < -0.3 is 15.4 Å². The Labute approximate surface area is 121 Å². The molecule has 1 fully saturated rings. The number of ether oxygens (including phenoxy) is 1. The fourth-order valence-corrected chi connectivity index (χ4v) is 2.65. The van der Waals surface area contributed by atoms with E-state index in [4.69, 9.17) is 15.9 Å². The summed E-state index contributed by atoms with van der Waals surface area (Å²) in [5.74, 6) is 0.255. The van der Waals surface area contributed by atoms with Gasteiger partial charge in [0.25, 0.3) is 0 Å². The van der Waals surface area contributed by atoms with E-state index in [1.165, 1.54) is 18.5 Å². The quantitative estimate of drug-likeness (QED) is 0.566. The van der Waals surface area contributed by atoms with Gasteiger partial charge >= 0.3 is 0 Å². The SMILES string of the molecule is N=C(N)CCN(CCCC1CCCO1)c1ccccc1. The number of amidine groups is 1. The molecule has 1 unspecified atom stereocenters. The molecule has 20 heavy (non-hydrogen) atoms. The topological polar surface area (TPSA) is 62.3 Å². The van der Waals surface area contributed by atoms with Crippen molar-refractivity contribution in [3.05, 3.63) is 30.3 Å². The van der Waals surface area contributed by atoms with Crippen LogP contribution in [0.5, 0.6) is 0 Å². The van der Waals surface area contributed by atoms with Crippen LogP contribution in [0.25, 0.3) is 0 Å². The Balaban J connectivity index is 1.83. The third kappa shape index (κ3) is 4.85. The molecule has 2 rings (SSSR count). The lowest BCUT2D eigenvalue weighted by molar-refractivity contribution is 0.103. The minimum Gasteiger partial charge on any atom is -0.388 e. The number of nitrogens with one attached hydrogen (secondary N) is 1. The Kier molecular flexibility index (Phi) is 5.87. The minimum absolute atomic E-state index is 0.255. The molecule has 1 aliphatic heterocycles. The van der Waals surface area contributed by atoms with Crippen LogP contribution >= 0.6 is 0 Å². The predicted molar refractivity (Wildman–Crippen MR) is 83.4 cm³/mol. The Bertz CT molecular complexity index is 401. The third-order valence-electron chi connectivity index (χ3n) is 3.75. The van der Waals surface area contributed by atoms with Gasteiger partial charge in [-0.25, -0.2) is 0 Å². The Morgan fingerprint density at radius 2 is 2.10 bits per heavy atom. The number of hydrogen-bond acceptors (Lipinski definition) is 3. The number of hydrogen-bond donors (Lipinski definition) is 2. The Morgan fingerprint density at radius 1 is 1.30 bits per heavy atom. The van der Waals surface area contributed by atoms with E-state index in [-0.39, 0.29) is 5.84 Å². The highest BCUT2D eigenvalue weighted by Gasteiger charge is 2.15. The van der Waals surface area contributed by atoms with E-state index in [1.807, 2.05) is 6.07 Å². The number of rotatable bonds is 8. The maximum absolute atomic E-state index is 7.39. The van der Waals surface area contributed by atoms with Gasteiger partial charge in [0.05, 0.1) is 11.9 Å². The molecular formula is C16H25N3O. The van der Waals surface area contributed by atoms with Gasteiger partial charge in [-0.3, -0.25) is 5.41 Å². The zero-order chi connectivity index (χ0) is 14.2. The van der Waals surface area contributed by atoms with Crippen molar-refractivity contribution in [3.63, 3.8) is 0 Å². The first-order valence-electron chi connectivity index (χ1n) is 7.50. The molecule has 0 aromatic heterocycles. The molecular weight excluding hydrogens is 250 g/mol. The van der Waals surface area contributed by atoms with Crippen LogP contribution in [0.2, 0.25) is 0 Å². The number of benzene rings is 1. The second-order valence-electron chi connectivity index (χ2n) is 5.38. The van der Waals surface area contributed by atoms with E-state index < -0.39 is 0 Å². The molecule has 0 radical (unpaired) electrons. The van der Waals surface area contributed by atoms with Gasteiger partial charge in [-0.2, -0.15) is 0 Å². The minimum atomic E-state index is 0.255. The molecule has 110 valence electrons. The van der Waals surface area contributed by atoms with E-state index in [0.717, 1.165) is 32.5 Å². The van der Waals surface area contributed by atoms with Crippen LogP contribution < -0.4 is 10.6 Å². The highest BCUT2D eigenvalue weighted by Crippen LogP contribution is 2.19. The lowest BCUT2D eigenvalue weighted by atomic mass is 10.1. The summed E-state index contributed by atoms with van der Waals surface area (Å²) in [7, 11) is 0. The molecule has 1 aromatic rings. The van der Waals surface area contributed by atoms with Crippen LogP contribution in [-0.2, 0) is 4.74 Å². The van der Waals surface area contributed by atoms with Crippen LogP contribution in [-0.4, -0.2) is 31.6 Å². The monoisotopic (exact) mass is 275 g/mol. The van der Waals surface area contributed by atoms with Crippen molar-refractivity contribution >= 4 is 11.5 Å². The first-order valence-corrected chi connectivity index (χ1v) is 7.50. The fourth-order valence-electron chi connectivity index (χ4n) is 2.65. The summed E-state index contributed by atoms with van der Waals surface area (Å²) in [5, 5.41) is 7.39. The maximum atomic E-state index is 7.39. The standard InChI is InChI=1S/C16H25N3O/c17-16(18)10-12-19(14-6-2-1-3-7-14)11-4-8-15-9-5-13-20-15/h1-3,6-7,15H,4-5,8-13H2,(H3,17,18). The lowest BCUT2D eigenvalue weighted by Gasteiger charge is -2.25. The summed E-state index contributed by atoms with van der Waals surface area (Å²) < 4.78 is 5.67. The molecule has 3 N–H and O–H groups in total. The predicted octanol–water partition coefficient (Wildman–Crippen LogP) is 2.78. The Hall–Kier alpha value is -1.55. The summed E-state index contributed by atoms with van der Waals surface area (Å²) in [6.07, 6.45) is 5.74. The number of para-hydroxylation sites is 1. The number of anilines is 1. The summed E-state index contributed by atoms with van der Waals surface area (Å²) in [4.78, 5) is 2.32. The van der Waals surface area contributed by atoms with Gasteiger partial charge in [-0.05, 0) is 37.8 Å². The van der Waals surface area contributed by atoms with Crippen LogP contribution in [0.1, 0.15) is 32.1 Å². The fraction of sp³-hybridized carbons (Fsp3) is 0.562. The van der Waals surface area contributed by atoms with E-state index in [1.54, 1.807) is 0 Å². The first kappa shape index (κ1) is 14.9. The molecule has 1 atom stereocenters. The largest absolute Gasteiger partial charge is 0.388 e. The molecule has 1 heterocycles. The summed E-state index contributed by atoms with van der Waals surface area (Å²) in [6, 6.07) is 10.4. The van der Waals surface area contributed by atoms with Crippen molar-refractivity contribution in [2.24, 2.45) is 5.73 Å². The third-order valence-corrected chi connectivity index (χ3v) is 3.75. The average Bonchev–Trinajstić information content (AvgIpc) is 2.96. The van der Waals surface area contributed by atoms with Crippen molar-refractivity contribution < 1.29 is 4.74 Å². The van der Waals surface area contributed by atoms with Crippen molar-refractivity contribution in [3.8, 4) is 0 Å². The van der Waals surface area contributed by atoms with Gasteiger partial charge in [0, 0.05) is 31.8 Å². The number of nitrogens with two attached hydrogens (primary N) is 1. The van der Waals surface area contributed by atoms with Crippen LogP contribution in [0, 0.1) is 5.41 Å². The number of nitrogens with zero attached hydrogens (tertiary/aromatic N) is 1. The van der Waals surface area contributed by atoms with E-state index >= 15 is 0 Å². The smallest absolute Gasteiger partial charge is 0.0923 e. The van der Waals surface area contributed by atoms with Gasteiger partial charge in [-0.15, -0.1) is 0 Å². The molecule has 0 aliphatic carbocycles. The molecule has 1 aliphatic rings. The lowest BCUT2D eigenvalue weighted by Crippen LogP contribution is -2.29. The molecule has 0 bridgehead atoms. The summed E-state index contributed by atoms with van der Waals surface area (Å²) in [6.45, 7) is 2.74. The molecule has 0 spiro atoms. The maximum Gasteiger partial charge on any atom is 0.0923 e. The average molecular weight is 275 g/mol. The summed E-state index contributed by atoms with van der Waals surface area (Å²) >= 11 is 0. The second-order valence-corrected chi connectivity index (χ2v) is 5.38. The van der Waals surface area contributed by atoms with Crippen molar-refractivity contribution in [1.29, 1.82) is 5.41 Å². The van der Waals surface area contributed by atoms with Gasteiger partial charge in [0.2, 0.25) is 0 Å². The molecule has 1 aromatic carbocycles. The second kappa shape index (κ2) is 7.90. The van der Waals surface area contributed by atoms with Gasteiger partial charge in [0.1, 0.15) is 0 Å². The molecule has 4 heteroatoms. The van der Waals surface area contributed by atoms with Crippen molar-refractivity contribution in [2.45, 2.75) is 38.2 Å². The zero-order valence-corrected chi connectivity index (χ0v) is 12.1. The molecule has 4 nitrogen and oxygen atoms in total. The summed E-state index contributed by atoms with van der Waals surface area (Å²) in [5.41, 5.74) is 6.69.